The lowest BCUT2D eigenvalue weighted by atomic mass is 10.1. The molecule has 1 atom stereocenters. The van der Waals surface area contributed by atoms with E-state index >= 15 is 0 Å². The molecule has 4 heteroatoms. The van der Waals surface area contributed by atoms with E-state index in [9.17, 15) is 0 Å². The molecule has 2 rings (SSSR count). The highest BCUT2D eigenvalue weighted by atomic mass is 15.2. The summed E-state index contributed by atoms with van der Waals surface area (Å²) in [4.78, 5) is 4.89. The Morgan fingerprint density at radius 1 is 1.20 bits per heavy atom. The maximum atomic E-state index is 8.80. The fourth-order valence-electron chi connectivity index (χ4n) is 2.47. The molecule has 1 aliphatic heterocycles. The molecule has 4 nitrogen and oxygen atoms in total. The van der Waals surface area contributed by atoms with E-state index < -0.39 is 0 Å². The molecule has 1 unspecified atom stereocenters. The van der Waals surface area contributed by atoms with Crippen LogP contribution < -0.4 is 5.32 Å². The monoisotopic (exact) mass is 272 g/mol. The van der Waals surface area contributed by atoms with Crippen molar-refractivity contribution in [2.75, 3.05) is 46.3 Å². The molecule has 1 aromatic carbocycles. The number of rotatable bonds is 5. The highest BCUT2D eigenvalue weighted by Crippen LogP contribution is 2.12. The molecule has 20 heavy (non-hydrogen) atoms. The molecule has 108 valence electrons. The molecule has 0 bridgehead atoms. The molecule has 1 N–H and O–H groups in total. The standard InChI is InChI=1S/C16H24N4/c1-14(16-5-3-15(13-17)4-6-16)18-7-8-20-11-9-19(2)10-12-20/h3-6,14,18H,7-12H2,1-2H3. The van der Waals surface area contributed by atoms with Gasteiger partial charge >= 0.3 is 0 Å². The molecule has 0 amide bonds. The normalized spacial score (nSPS) is 18.6. The molecule has 1 saturated heterocycles. The highest BCUT2D eigenvalue weighted by Gasteiger charge is 2.13. The van der Waals surface area contributed by atoms with Gasteiger partial charge in [0.2, 0.25) is 0 Å². The first-order valence-electron chi connectivity index (χ1n) is 7.33. The minimum atomic E-state index is 0.329. The van der Waals surface area contributed by atoms with Crippen LogP contribution in [-0.4, -0.2) is 56.1 Å². The second-order valence-electron chi connectivity index (χ2n) is 5.55. The molecule has 0 radical (unpaired) electrons. The van der Waals surface area contributed by atoms with E-state index in [0.717, 1.165) is 18.7 Å². The lowest BCUT2D eigenvalue weighted by Gasteiger charge is -2.32. The van der Waals surface area contributed by atoms with E-state index in [1.54, 1.807) is 0 Å². The fourth-order valence-corrected chi connectivity index (χ4v) is 2.47. The Morgan fingerprint density at radius 3 is 2.45 bits per heavy atom. The predicted molar refractivity (Wildman–Crippen MR) is 81.5 cm³/mol. The van der Waals surface area contributed by atoms with Gasteiger partial charge in [0.1, 0.15) is 0 Å². The van der Waals surface area contributed by atoms with Gasteiger partial charge in [-0.1, -0.05) is 12.1 Å². The minimum Gasteiger partial charge on any atom is -0.309 e. The van der Waals surface area contributed by atoms with Gasteiger partial charge in [-0.3, -0.25) is 4.90 Å². The first-order chi connectivity index (χ1) is 9.69. The Morgan fingerprint density at radius 2 is 1.85 bits per heavy atom. The SMILES string of the molecule is CC(NCCN1CCN(C)CC1)c1ccc(C#N)cc1. The molecule has 1 aliphatic rings. The van der Waals surface area contributed by atoms with Gasteiger partial charge in [-0.15, -0.1) is 0 Å². The van der Waals surface area contributed by atoms with Crippen molar-refractivity contribution in [1.82, 2.24) is 15.1 Å². The smallest absolute Gasteiger partial charge is 0.0991 e. The van der Waals surface area contributed by atoms with E-state index in [0.29, 0.717) is 6.04 Å². The summed E-state index contributed by atoms with van der Waals surface area (Å²) < 4.78 is 0. The van der Waals surface area contributed by atoms with Crippen LogP contribution in [0.1, 0.15) is 24.1 Å². The number of hydrogen-bond acceptors (Lipinski definition) is 4. The maximum Gasteiger partial charge on any atom is 0.0991 e. The van der Waals surface area contributed by atoms with Crippen LogP contribution >= 0.6 is 0 Å². The summed E-state index contributed by atoms with van der Waals surface area (Å²) in [5.41, 5.74) is 1.96. The van der Waals surface area contributed by atoms with E-state index in [4.69, 9.17) is 5.26 Å². The van der Waals surface area contributed by atoms with Crippen LogP contribution in [0.25, 0.3) is 0 Å². The maximum absolute atomic E-state index is 8.80. The summed E-state index contributed by atoms with van der Waals surface area (Å²) in [5.74, 6) is 0. The molecule has 1 aromatic rings. The Kier molecular flexibility index (Phi) is 5.54. The van der Waals surface area contributed by atoms with Crippen molar-refractivity contribution >= 4 is 0 Å². The molecule has 1 fully saturated rings. The Balaban J connectivity index is 1.72. The molecule has 0 saturated carbocycles. The fraction of sp³-hybridized carbons (Fsp3) is 0.562. The molecule has 0 spiro atoms. The summed E-state index contributed by atoms with van der Waals surface area (Å²) in [5, 5.41) is 12.4. The minimum absolute atomic E-state index is 0.329. The van der Waals surface area contributed by atoms with Crippen molar-refractivity contribution in [2.45, 2.75) is 13.0 Å². The van der Waals surface area contributed by atoms with Crippen LogP contribution in [-0.2, 0) is 0 Å². The first kappa shape index (κ1) is 15.0. The number of piperazine rings is 1. The number of nitrogens with one attached hydrogen (secondary N) is 1. The van der Waals surface area contributed by atoms with Crippen LogP contribution in [0.15, 0.2) is 24.3 Å². The van der Waals surface area contributed by atoms with Crippen molar-refractivity contribution < 1.29 is 0 Å². The third kappa shape index (κ3) is 4.31. The Hall–Kier alpha value is -1.41. The van der Waals surface area contributed by atoms with Gasteiger partial charge in [-0.2, -0.15) is 5.26 Å². The van der Waals surface area contributed by atoms with Crippen molar-refractivity contribution in [2.24, 2.45) is 0 Å². The molecule has 0 aliphatic carbocycles. The van der Waals surface area contributed by atoms with Gasteiger partial charge in [0.05, 0.1) is 11.6 Å². The third-order valence-electron chi connectivity index (χ3n) is 4.01. The topological polar surface area (TPSA) is 42.3 Å². The van der Waals surface area contributed by atoms with Crippen molar-refractivity contribution in [3.63, 3.8) is 0 Å². The number of nitriles is 1. The highest BCUT2D eigenvalue weighted by molar-refractivity contribution is 5.32. The molecule has 0 aromatic heterocycles. The van der Waals surface area contributed by atoms with E-state index in [1.807, 2.05) is 24.3 Å². The van der Waals surface area contributed by atoms with E-state index in [1.165, 1.54) is 31.7 Å². The van der Waals surface area contributed by atoms with Crippen LogP contribution in [0.4, 0.5) is 0 Å². The van der Waals surface area contributed by atoms with Gasteiger partial charge < -0.3 is 10.2 Å². The third-order valence-corrected chi connectivity index (χ3v) is 4.01. The number of likely N-dealkylation sites (N-methyl/N-ethyl adjacent to an activating group) is 1. The van der Waals surface area contributed by atoms with Gasteiger partial charge in [-0.25, -0.2) is 0 Å². The number of hydrogen-bond donors (Lipinski definition) is 1. The second-order valence-corrected chi connectivity index (χ2v) is 5.55. The summed E-state index contributed by atoms with van der Waals surface area (Å²) >= 11 is 0. The second kappa shape index (κ2) is 7.39. The van der Waals surface area contributed by atoms with Crippen LogP contribution in [0, 0.1) is 11.3 Å². The van der Waals surface area contributed by atoms with Crippen LogP contribution in [0.5, 0.6) is 0 Å². The Bertz CT molecular complexity index is 441. The van der Waals surface area contributed by atoms with Gasteiger partial charge in [-0.05, 0) is 31.7 Å². The van der Waals surface area contributed by atoms with Gasteiger partial charge in [0.15, 0.2) is 0 Å². The first-order valence-corrected chi connectivity index (χ1v) is 7.33. The summed E-state index contributed by atoms with van der Waals surface area (Å²) in [6, 6.07) is 10.3. The van der Waals surface area contributed by atoms with E-state index in [-0.39, 0.29) is 0 Å². The molecular formula is C16H24N4. The van der Waals surface area contributed by atoms with Crippen LogP contribution in [0.3, 0.4) is 0 Å². The lowest BCUT2D eigenvalue weighted by Crippen LogP contribution is -2.46. The summed E-state index contributed by atoms with van der Waals surface area (Å²) in [6.45, 7) is 8.97. The zero-order valence-electron chi connectivity index (χ0n) is 12.5. The van der Waals surface area contributed by atoms with Crippen molar-refractivity contribution in [3.05, 3.63) is 35.4 Å². The largest absolute Gasteiger partial charge is 0.309 e. The van der Waals surface area contributed by atoms with Crippen molar-refractivity contribution in [1.29, 1.82) is 5.26 Å². The average Bonchev–Trinajstić information content (AvgIpc) is 2.49. The average molecular weight is 272 g/mol. The predicted octanol–water partition coefficient (Wildman–Crippen LogP) is 1.46. The summed E-state index contributed by atoms with van der Waals surface area (Å²) in [7, 11) is 2.18. The quantitative estimate of drug-likeness (QED) is 0.881. The summed E-state index contributed by atoms with van der Waals surface area (Å²) in [6.07, 6.45) is 0. The van der Waals surface area contributed by atoms with E-state index in [2.05, 4.69) is 35.2 Å². The zero-order chi connectivity index (χ0) is 14.4. The number of nitrogens with zero attached hydrogens (tertiary/aromatic N) is 3. The van der Waals surface area contributed by atoms with Gasteiger partial charge in [0.25, 0.3) is 0 Å². The van der Waals surface area contributed by atoms with Gasteiger partial charge in [0, 0.05) is 45.3 Å². The molecule has 1 heterocycles. The zero-order valence-corrected chi connectivity index (χ0v) is 12.5. The molecular weight excluding hydrogens is 248 g/mol. The van der Waals surface area contributed by atoms with Crippen molar-refractivity contribution in [3.8, 4) is 6.07 Å². The lowest BCUT2D eigenvalue weighted by molar-refractivity contribution is 0.154. The van der Waals surface area contributed by atoms with Crippen LogP contribution in [0.2, 0.25) is 0 Å². The number of benzene rings is 1. The Labute approximate surface area is 122 Å².